The zero-order valence-corrected chi connectivity index (χ0v) is 13.5. The van der Waals surface area contributed by atoms with Gasteiger partial charge in [0.25, 0.3) is 17.7 Å². The van der Waals surface area contributed by atoms with Crippen LogP contribution in [0.4, 0.5) is 17.6 Å². The van der Waals surface area contributed by atoms with Crippen LogP contribution in [0.2, 0.25) is 0 Å². The Bertz CT molecular complexity index is 852. The second kappa shape index (κ2) is 7.38. The highest BCUT2D eigenvalue weighted by Crippen LogP contribution is 2.26. The predicted molar refractivity (Wildman–Crippen MR) is 87.0 cm³/mol. The van der Waals surface area contributed by atoms with Gasteiger partial charge in [0.1, 0.15) is 17.3 Å². The first-order valence-corrected chi connectivity index (χ1v) is 7.33. The number of carbonyl (C=O) groups is 2. The van der Waals surface area contributed by atoms with E-state index in [0.717, 1.165) is 42.5 Å². The number of nitrogens with two attached hydrogens (primary N) is 1. The molecular weight excluding hydrogens is 352 g/mol. The van der Waals surface area contributed by atoms with E-state index in [-0.39, 0.29) is 16.7 Å². The van der Waals surface area contributed by atoms with E-state index < -0.39 is 35.1 Å². The van der Waals surface area contributed by atoms with E-state index in [1.807, 2.05) is 0 Å². The van der Waals surface area contributed by atoms with Crippen LogP contribution in [0.15, 0.2) is 48.2 Å². The van der Waals surface area contributed by atoms with Crippen LogP contribution in [0.5, 0.6) is 0 Å². The molecule has 0 saturated carbocycles. The molecule has 0 fully saturated rings. The summed E-state index contributed by atoms with van der Waals surface area (Å²) in [6, 6.07) is 6.98. The molecule has 0 atom stereocenters. The lowest BCUT2D eigenvalue weighted by molar-refractivity contribution is -0.114. The number of primary amides is 1. The maximum atomic E-state index is 13.2. The average Bonchev–Trinajstić information content (AvgIpc) is 2.52. The molecule has 2 aromatic rings. The molecule has 0 aliphatic rings. The van der Waals surface area contributed by atoms with Gasteiger partial charge in [-0.2, -0.15) is 0 Å². The molecule has 2 rings (SSSR count). The number of hydrogen-bond donors (Lipinski definition) is 2. The van der Waals surface area contributed by atoms with Gasteiger partial charge in [-0.05, 0) is 35.9 Å². The molecule has 26 heavy (non-hydrogen) atoms. The molecule has 0 radical (unpaired) electrons. The summed E-state index contributed by atoms with van der Waals surface area (Å²) in [5.74, 6) is -6.64. The molecule has 0 aliphatic carbocycles. The molecular formula is C18H14F4N2O2. The summed E-state index contributed by atoms with van der Waals surface area (Å²) in [5.41, 5.74) is 4.43. The van der Waals surface area contributed by atoms with Gasteiger partial charge in [0, 0.05) is 24.1 Å². The van der Waals surface area contributed by atoms with E-state index in [0.29, 0.717) is 13.0 Å². The minimum Gasteiger partial charge on any atom is -0.364 e. The van der Waals surface area contributed by atoms with Crippen molar-refractivity contribution >= 4 is 17.9 Å². The lowest BCUT2D eigenvalue weighted by Crippen LogP contribution is -2.31. The fourth-order valence-electron chi connectivity index (χ4n) is 2.10. The molecule has 3 N–H and O–H groups in total. The molecule has 0 saturated heterocycles. The second-order valence-electron chi connectivity index (χ2n) is 5.54. The van der Waals surface area contributed by atoms with Crippen molar-refractivity contribution in [2.75, 3.05) is 0 Å². The smallest absolute Gasteiger partial charge is 0.270 e. The summed E-state index contributed by atoms with van der Waals surface area (Å²) in [5, 5.41) is 2.19. The number of carbonyl (C=O) groups excluding carboxylic acids is 2. The lowest BCUT2D eigenvalue weighted by Gasteiger charge is -2.11. The number of nitrogens with one attached hydrogen (secondary N) is 1. The molecule has 136 valence electrons. The summed E-state index contributed by atoms with van der Waals surface area (Å²) in [7, 11) is 0. The van der Waals surface area contributed by atoms with Gasteiger partial charge in [0.2, 0.25) is 0 Å². The minimum absolute atomic E-state index is 0.00410. The fourth-order valence-corrected chi connectivity index (χ4v) is 2.10. The van der Waals surface area contributed by atoms with Crippen LogP contribution in [0.25, 0.3) is 6.08 Å². The summed E-state index contributed by atoms with van der Waals surface area (Å²) in [4.78, 5) is 23.6. The molecule has 0 heterocycles. The zero-order chi connectivity index (χ0) is 19.5. The van der Waals surface area contributed by atoms with Crippen LogP contribution < -0.4 is 11.1 Å². The van der Waals surface area contributed by atoms with Crippen molar-refractivity contribution in [3.05, 3.63) is 76.5 Å². The molecule has 8 heteroatoms. The Labute approximate surface area is 146 Å². The SMILES string of the molecule is CC(F)(F)c1ccc(C(=O)N/C(=C/c2cc(F)cc(F)c2)C(N)=O)cc1. The average molecular weight is 366 g/mol. The molecule has 0 aromatic heterocycles. The van der Waals surface area contributed by atoms with E-state index in [2.05, 4.69) is 5.32 Å². The standard InChI is InChI=1S/C18H14F4N2O2/c1-18(21,22)12-4-2-11(3-5-12)17(26)24-15(16(23)25)8-10-6-13(19)9-14(20)7-10/h2-9H,1H3,(H2,23,25)(H,24,26)/b15-8+. The van der Waals surface area contributed by atoms with Gasteiger partial charge in [-0.15, -0.1) is 0 Å². The molecule has 0 aliphatic heterocycles. The van der Waals surface area contributed by atoms with Crippen molar-refractivity contribution in [2.24, 2.45) is 5.73 Å². The monoisotopic (exact) mass is 366 g/mol. The highest BCUT2D eigenvalue weighted by Gasteiger charge is 2.24. The van der Waals surface area contributed by atoms with Crippen molar-refractivity contribution in [1.82, 2.24) is 5.32 Å². The molecule has 0 bridgehead atoms. The minimum atomic E-state index is -3.06. The first-order valence-electron chi connectivity index (χ1n) is 7.33. The summed E-state index contributed by atoms with van der Waals surface area (Å²) in [6.45, 7) is 0.716. The summed E-state index contributed by atoms with van der Waals surface area (Å²) >= 11 is 0. The quantitative estimate of drug-likeness (QED) is 0.629. The Morgan fingerprint density at radius 1 is 1.04 bits per heavy atom. The Kier molecular flexibility index (Phi) is 5.44. The van der Waals surface area contributed by atoms with Crippen LogP contribution in [0.1, 0.15) is 28.4 Å². The fraction of sp³-hybridized carbons (Fsp3) is 0.111. The van der Waals surface area contributed by atoms with Crippen LogP contribution in [0.3, 0.4) is 0 Å². The highest BCUT2D eigenvalue weighted by atomic mass is 19.3. The van der Waals surface area contributed by atoms with E-state index in [1.54, 1.807) is 0 Å². The first kappa shape index (κ1) is 19.2. The molecule has 2 amide bonds. The van der Waals surface area contributed by atoms with Crippen molar-refractivity contribution in [3.63, 3.8) is 0 Å². The number of hydrogen-bond acceptors (Lipinski definition) is 2. The van der Waals surface area contributed by atoms with Crippen LogP contribution in [-0.4, -0.2) is 11.8 Å². The number of halogens is 4. The van der Waals surface area contributed by atoms with E-state index >= 15 is 0 Å². The van der Waals surface area contributed by atoms with Gasteiger partial charge in [-0.3, -0.25) is 9.59 Å². The summed E-state index contributed by atoms with van der Waals surface area (Å²) in [6.07, 6.45) is 1.00. The normalized spacial score (nSPS) is 12.0. The van der Waals surface area contributed by atoms with Crippen molar-refractivity contribution in [1.29, 1.82) is 0 Å². The van der Waals surface area contributed by atoms with Crippen LogP contribution in [-0.2, 0) is 10.7 Å². The van der Waals surface area contributed by atoms with Gasteiger partial charge >= 0.3 is 0 Å². The molecule has 0 spiro atoms. The number of alkyl halides is 2. The Balaban J connectivity index is 2.25. The van der Waals surface area contributed by atoms with Crippen LogP contribution in [0, 0.1) is 11.6 Å². The van der Waals surface area contributed by atoms with E-state index in [9.17, 15) is 27.2 Å². The van der Waals surface area contributed by atoms with E-state index in [4.69, 9.17) is 5.73 Å². The second-order valence-corrected chi connectivity index (χ2v) is 5.54. The van der Waals surface area contributed by atoms with Gasteiger partial charge in [0.05, 0.1) is 0 Å². The molecule has 4 nitrogen and oxygen atoms in total. The Hall–Kier alpha value is -3.16. The first-order chi connectivity index (χ1) is 12.1. The Morgan fingerprint density at radius 3 is 2.04 bits per heavy atom. The summed E-state index contributed by atoms with van der Waals surface area (Å²) < 4.78 is 52.8. The van der Waals surface area contributed by atoms with Gasteiger partial charge in [-0.1, -0.05) is 12.1 Å². The maximum Gasteiger partial charge on any atom is 0.270 e. The molecule has 2 aromatic carbocycles. The third-order valence-electron chi connectivity index (χ3n) is 3.36. The number of amides is 2. The topological polar surface area (TPSA) is 72.2 Å². The Morgan fingerprint density at radius 2 is 1.58 bits per heavy atom. The number of rotatable bonds is 5. The zero-order valence-electron chi connectivity index (χ0n) is 13.5. The van der Waals surface area contributed by atoms with Gasteiger partial charge in [-0.25, -0.2) is 17.6 Å². The van der Waals surface area contributed by atoms with Crippen molar-refractivity contribution < 1.29 is 27.2 Å². The lowest BCUT2D eigenvalue weighted by atomic mass is 10.1. The van der Waals surface area contributed by atoms with Crippen molar-refractivity contribution in [2.45, 2.75) is 12.8 Å². The van der Waals surface area contributed by atoms with Crippen LogP contribution >= 0.6 is 0 Å². The van der Waals surface area contributed by atoms with Gasteiger partial charge < -0.3 is 11.1 Å². The predicted octanol–water partition coefficient (Wildman–Crippen LogP) is 3.33. The third-order valence-corrected chi connectivity index (χ3v) is 3.36. The largest absolute Gasteiger partial charge is 0.364 e. The number of benzene rings is 2. The third kappa shape index (κ3) is 4.92. The van der Waals surface area contributed by atoms with Gasteiger partial charge in [0.15, 0.2) is 0 Å². The van der Waals surface area contributed by atoms with Crippen molar-refractivity contribution in [3.8, 4) is 0 Å². The van der Waals surface area contributed by atoms with E-state index in [1.165, 1.54) is 0 Å². The maximum absolute atomic E-state index is 13.2. The molecule has 0 unspecified atom stereocenters. The highest BCUT2D eigenvalue weighted by molar-refractivity contribution is 6.04.